The van der Waals surface area contributed by atoms with Gasteiger partial charge in [-0.15, -0.1) is 11.3 Å². The van der Waals surface area contributed by atoms with Crippen LogP contribution in [0.4, 0.5) is 10.5 Å². The van der Waals surface area contributed by atoms with Crippen molar-refractivity contribution < 1.29 is 4.79 Å². The molecule has 1 saturated heterocycles. The molecule has 1 aromatic carbocycles. The molecular formula is C19H23N3OS. The Morgan fingerprint density at radius 3 is 2.96 bits per heavy atom. The van der Waals surface area contributed by atoms with Crippen molar-refractivity contribution in [2.24, 2.45) is 5.92 Å². The molecule has 0 spiro atoms. The largest absolute Gasteiger partial charge is 0.322 e. The predicted octanol–water partition coefficient (Wildman–Crippen LogP) is 4.83. The molecule has 2 heterocycles. The Morgan fingerprint density at radius 2 is 2.21 bits per heavy atom. The Labute approximate surface area is 146 Å². The maximum atomic E-state index is 12.7. The number of aromatic nitrogens is 1. The van der Waals surface area contributed by atoms with E-state index in [-0.39, 0.29) is 6.03 Å². The maximum absolute atomic E-state index is 12.7. The molecule has 1 saturated carbocycles. The highest BCUT2D eigenvalue weighted by atomic mass is 32.1. The fraction of sp³-hybridized carbons (Fsp3) is 0.474. The fourth-order valence-corrected chi connectivity index (χ4v) is 4.87. The average Bonchev–Trinajstić information content (AvgIpc) is 3.12. The second kappa shape index (κ2) is 6.20. The lowest BCUT2D eigenvalue weighted by atomic mass is 9.91. The number of anilines is 1. The highest BCUT2D eigenvalue weighted by Gasteiger charge is 2.37. The zero-order valence-corrected chi connectivity index (χ0v) is 15.0. The fourth-order valence-electron chi connectivity index (χ4n) is 3.99. The summed E-state index contributed by atoms with van der Waals surface area (Å²) >= 11 is 1.65. The number of carbonyl (C=O) groups is 1. The van der Waals surface area contributed by atoms with E-state index in [1.165, 1.54) is 24.8 Å². The summed E-state index contributed by atoms with van der Waals surface area (Å²) in [5.41, 5.74) is 4.17. The van der Waals surface area contributed by atoms with Gasteiger partial charge in [-0.1, -0.05) is 12.5 Å². The standard InChI is InChI=1S/C19H23N3OS/c1-12-6-7-15(9-17(12)18-20-13(2)11-24-18)21-19(23)22-10-14-4-3-5-16(22)8-14/h6-7,9,11,14,16H,3-5,8,10H2,1-2H3,(H,21,23). The molecule has 24 heavy (non-hydrogen) atoms. The number of benzene rings is 1. The van der Waals surface area contributed by atoms with Crippen molar-refractivity contribution in [1.82, 2.24) is 9.88 Å². The molecule has 1 aliphatic carbocycles. The molecule has 126 valence electrons. The van der Waals surface area contributed by atoms with Crippen molar-refractivity contribution in [3.8, 4) is 10.6 Å². The van der Waals surface area contributed by atoms with Gasteiger partial charge in [-0.25, -0.2) is 9.78 Å². The van der Waals surface area contributed by atoms with E-state index in [4.69, 9.17) is 0 Å². The lowest BCUT2D eigenvalue weighted by molar-refractivity contribution is 0.204. The number of hydrogen-bond acceptors (Lipinski definition) is 3. The predicted molar refractivity (Wildman–Crippen MR) is 98.5 cm³/mol. The molecule has 2 unspecified atom stereocenters. The van der Waals surface area contributed by atoms with Crippen molar-refractivity contribution in [3.63, 3.8) is 0 Å². The number of nitrogens with one attached hydrogen (secondary N) is 1. The van der Waals surface area contributed by atoms with Gasteiger partial charge >= 0.3 is 6.03 Å². The molecule has 1 aliphatic heterocycles. The van der Waals surface area contributed by atoms with Gasteiger partial charge in [0.15, 0.2) is 0 Å². The summed E-state index contributed by atoms with van der Waals surface area (Å²) in [7, 11) is 0. The summed E-state index contributed by atoms with van der Waals surface area (Å²) in [5.74, 6) is 0.710. The number of hydrogen-bond donors (Lipinski definition) is 1. The highest BCUT2D eigenvalue weighted by Crippen LogP contribution is 2.36. The molecule has 5 heteroatoms. The van der Waals surface area contributed by atoms with Crippen molar-refractivity contribution in [2.75, 3.05) is 11.9 Å². The first kappa shape index (κ1) is 15.6. The van der Waals surface area contributed by atoms with Crippen LogP contribution in [0.2, 0.25) is 0 Å². The number of nitrogens with zero attached hydrogens (tertiary/aromatic N) is 2. The van der Waals surface area contributed by atoms with Gasteiger partial charge in [-0.2, -0.15) is 0 Å². The number of urea groups is 1. The van der Waals surface area contributed by atoms with Gasteiger partial charge in [0, 0.05) is 34.9 Å². The lowest BCUT2D eigenvalue weighted by Gasteiger charge is -2.25. The molecule has 2 fully saturated rings. The number of thiazole rings is 1. The zero-order valence-electron chi connectivity index (χ0n) is 14.2. The maximum Gasteiger partial charge on any atom is 0.322 e. The van der Waals surface area contributed by atoms with Crippen LogP contribution in [-0.4, -0.2) is 28.5 Å². The first-order chi connectivity index (χ1) is 11.6. The number of amides is 2. The number of carbonyl (C=O) groups excluding carboxylic acids is 1. The van der Waals surface area contributed by atoms with Crippen molar-refractivity contribution in [2.45, 2.75) is 45.6 Å². The van der Waals surface area contributed by atoms with Crippen LogP contribution in [-0.2, 0) is 0 Å². The van der Waals surface area contributed by atoms with Crippen molar-refractivity contribution in [3.05, 3.63) is 34.8 Å². The van der Waals surface area contributed by atoms with Crippen LogP contribution in [0.25, 0.3) is 10.6 Å². The average molecular weight is 341 g/mol. The first-order valence-corrected chi connectivity index (χ1v) is 9.59. The Morgan fingerprint density at radius 1 is 1.33 bits per heavy atom. The van der Waals surface area contributed by atoms with Gasteiger partial charge in [0.25, 0.3) is 0 Å². The molecule has 4 rings (SSSR count). The Bertz CT molecular complexity index is 770. The van der Waals surface area contributed by atoms with E-state index in [0.29, 0.717) is 12.0 Å². The molecule has 1 N–H and O–H groups in total. The first-order valence-electron chi connectivity index (χ1n) is 8.71. The topological polar surface area (TPSA) is 45.2 Å². The van der Waals surface area contributed by atoms with Crippen LogP contribution in [0, 0.1) is 19.8 Å². The number of fused-ring (bicyclic) bond motifs is 2. The van der Waals surface area contributed by atoms with Gasteiger partial charge in [-0.3, -0.25) is 0 Å². The van der Waals surface area contributed by atoms with Gasteiger partial charge in [0.2, 0.25) is 0 Å². The monoisotopic (exact) mass is 341 g/mol. The number of likely N-dealkylation sites (tertiary alicyclic amines) is 1. The minimum atomic E-state index is 0.0505. The van der Waals surface area contributed by atoms with Crippen LogP contribution >= 0.6 is 11.3 Å². The van der Waals surface area contributed by atoms with Crippen LogP contribution in [0.3, 0.4) is 0 Å². The number of aryl methyl sites for hydroxylation is 2. The smallest absolute Gasteiger partial charge is 0.321 e. The summed E-state index contributed by atoms with van der Waals surface area (Å²) in [5, 5.41) is 6.18. The normalized spacial score (nSPS) is 22.7. The van der Waals surface area contributed by atoms with Crippen molar-refractivity contribution >= 4 is 23.1 Å². The van der Waals surface area contributed by atoms with Gasteiger partial charge < -0.3 is 10.2 Å². The lowest BCUT2D eigenvalue weighted by Crippen LogP contribution is -2.38. The number of rotatable bonds is 2. The third kappa shape index (κ3) is 2.93. The van der Waals surface area contributed by atoms with Crippen LogP contribution < -0.4 is 5.32 Å². The minimum absolute atomic E-state index is 0.0505. The van der Waals surface area contributed by atoms with Gasteiger partial charge in [0.05, 0.1) is 0 Å². The SMILES string of the molecule is Cc1csc(-c2cc(NC(=O)N3CC4CCCC3C4)ccc2C)n1. The summed E-state index contributed by atoms with van der Waals surface area (Å²) in [6.45, 7) is 5.01. The Balaban J connectivity index is 1.53. The van der Waals surface area contributed by atoms with E-state index < -0.39 is 0 Å². The van der Waals surface area contributed by atoms with Crippen LogP contribution in [0.1, 0.15) is 36.9 Å². The second-order valence-corrected chi connectivity index (χ2v) is 7.95. The van der Waals surface area contributed by atoms with Crippen molar-refractivity contribution in [1.29, 1.82) is 0 Å². The molecule has 2 aliphatic rings. The summed E-state index contributed by atoms with van der Waals surface area (Å²) in [4.78, 5) is 19.3. The molecule has 2 aromatic rings. The molecule has 1 aromatic heterocycles. The molecule has 4 nitrogen and oxygen atoms in total. The third-order valence-electron chi connectivity index (χ3n) is 5.25. The third-order valence-corrected chi connectivity index (χ3v) is 6.24. The molecular weight excluding hydrogens is 318 g/mol. The second-order valence-electron chi connectivity index (χ2n) is 7.09. The molecule has 2 bridgehead atoms. The van der Waals surface area contributed by atoms with Gasteiger partial charge in [0.1, 0.15) is 5.01 Å². The van der Waals surface area contributed by atoms with Crippen LogP contribution in [0.5, 0.6) is 0 Å². The minimum Gasteiger partial charge on any atom is -0.321 e. The Kier molecular flexibility index (Phi) is 4.04. The summed E-state index contributed by atoms with van der Waals surface area (Å²) in [6, 6.07) is 6.58. The van der Waals surface area contributed by atoms with E-state index >= 15 is 0 Å². The van der Waals surface area contributed by atoms with E-state index in [2.05, 4.69) is 28.7 Å². The van der Waals surface area contributed by atoms with E-state index in [0.717, 1.165) is 34.9 Å². The molecule has 2 amide bonds. The van der Waals surface area contributed by atoms with Gasteiger partial charge in [-0.05, 0) is 56.7 Å². The Hall–Kier alpha value is -1.88. The van der Waals surface area contributed by atoms with E-state index in [9.17, 15) is 4.79 Å². The van der Waals surface area contributed by atoms with Crippen LogP contribution in [0.15, 0.2) is 23.6 Å². The van der Waals surface area contributed by atoms with E-state index in [1.54, 1.807) is 11.3 Å². The molecule has 2 atom stereocenters. The zero-order chi connectivity index (χ0) is 16.7. The highest BCUT2D eigenvalue weighted by molar-refractivity contribution is 7.13. The summed E-state index contributed by atoms with van der Waals surface area (Å²) in [6.07, 6.45) is 4.88. The summed E-state index contributed by atoms with van der Waals surface area (Å²) < 4.78 is 0. The molecule has 0 radical (unpaired) electrons. The quantitative estimate of drug-likeness (QED) is 0.850. The van der Waals surface area contributed by atoms with E-state index in [1.807, 2.05) is 24.0 Å².